The molecule has 3 heterocycles. The summed E-state index contributed by atoms with van der Waals surface area (Å²) in [7, 11) is 0. The highest BCUT2D eigenvalue weighted by atomic mass is 19.4. The largest absolute Gasteiger partial charge is 0.411 e. The van der Waals surface area contributed by atoms with Crippen LogP contribution in [0.25, 0.3) is 10.9 Å². The maximum absolute atomic E-state index is 14.4. The highest BCUT2D eigenvalue weighted by molar-refractivity contribution is 5.98. The molecular weight excluding hydrogens is 641 g/mol. The first kappa shape index (κ1) is 37.7. The molecule has 2 aromatic heterocycles. The van der Waals surface area contributed by atoms with E-state index in [0.29, 0.717) is 11.9 Å². The molecule has 1 aliphatic heterocycles. The molecule has 1 fully saturated rings. The highest BCUT2D eigenvalue weighted by Gasteiger charge is 2.48. The highest BCUT2D eigenvalue weighted by Crippen LogP contribution is 2.27. The van der Waals surface area contributed by atoms with Crippen molar-refractivity contribution in [1.29, 1.82) is 0 Å². The third-order valence-electron chi connectivity index (χ3n) is 8.22. The lowest BCUT2D eigenvalue weighted by Gasteiger charge is -2.41. The van der Waals surface area contributed by atoms with Gasteiger partial charge in [0.15, 0.2) is 6.04 Å². The maximum atomic E-state index is 14.4. The summed E-state index contributed by atoms with van der Waals surface area (Å²) in [4.78, 5) is 49.6. The van der Waals surface area contributed by atoms with Gasteiger partial charge in [0.05, 0.1) is 30.4 Å². The molecule has 266 valence electrons. The number of nitrogens with zero attached hydrogens (tertiary/aromatic N) is 3. The van der Waals surface area contributed by atoms with Gasteiger partial charge in [-0.1, -0.05) is 38.1 Å². The number of alkyl halides is 3. The minimum atomic E-state index is -5.05. The van der Waals surface area contributed by atoms with Gasteiger partial charge in [-0.15, -0.1) is 0 Å². The molecule has 3 aromatic rings. The van der Waals surface area contributed by atoms with Crippen LogP contribution in [0.15, 0.2) is 60.9 Å². The van der Waals surface area contributed by atoms with E-state index in [2.05, 4.69) is 20.6 Å². The second-order valence-electron chi connectivity index (χ2n) is 13.7. The number of ether oxygens (including phenoxy) is 1. The molecule has 14 heteroatoms. The number of benzene rings is 1. The van der Waals surface area contributed by atoms with Crippen LogP contribution in [-0.2, 0) is 20.9 Å². The smallest absolute Gasteiger partial charge is 0.389 e. The van der Waals surface area contributed by atoms with Crippen LogP contribution in [-0.4, -0.2) is 92.8 Å². The van der Waals surface area contributed by atoms with Crippen molar-refractivity contribution in [3.63, 3.8) is 0 Å². The van der Waals surface area contributed by atoms with Crippen LogP contribution in [0.1, 0.15) is 63.5 Å². The lowest BCUT2D eigenvalue weighted by atomic mass is 9.95. The van der Waals surface area contributed by atoms with Crippen LogP contribution in [0.5, 0.6) is 0 Å². The van der Waals surface area contributed by atoms with Gasteiger partial charge in [-0.3, -0.25) is 24.3 Å². The number of carbonyl (C=O) groups excluding carboxylic acids is 3. The van der Waals surface area contributed by atoms with E-state index in [9.17, 15) is 32.7 Å². The molecule has 0 saturated carbocycles. The average Bonchev–Trinajstić information content (AvgIpc) is 3.04. The third-order valence-corrected chi connectivity index (χ3v) is 8.22. The van der Waals surface area contributed by atoms with Gasteiger partial charge in [-0.25, -0.2) is 4.98 Å². The first-order valence-electron chi connectivity index (χ1n) is 16.3. The van der Waals surface area contributed by atoms with Crippen molar-refractivity contribution in [2.75, 3.05) is 13.1 Å². The number of aliphatic hydroxyl groups is 1. The SMILES string of the molecule is CC(C)C(NC(=O)c1ccc2ccccc2n1)C(=O)NC(C(O)CN1CCC(OCc2ccncc2)CC1C(=O)NC(C)(C)C)C(F)(F)F. The molecule has 3 amide bonds. The van der Waals surface area contributed by atoms with Gasteiger partial charge < -0.3 is 25.8 Å². The second kappa shape index (κ2) is 16.0. The van der Waals surface area contributed by atoms with Crippen molar-refractivity contribution in [3.05, 3.63) is 72.2 Å². The average molecular weight is 687 g/mol. The number of para-hydroxylation sites is 1. The van der Waals surface area contributed by atoms with Crippen molar-refractivity contribution in [3.8, 4) is 0 Å². The summed E-state index contributed by atoms with van der Waals surface area (Å²) in [5.41, 5.74) is 0.807. The van der Waals surface area contributed by atoms with Crippen molar-refractivity contribution >= 4 is 28.6 Å². The third kappa shape index (κ3) is 10.7. The number of β-amino-alcohol motifs (C(OH)–C–C–N with tert-alkyl or cyclic N) is 1. The number of rotatable bonds is 12. The number of hydrogen-bond donors (Lipinski definition) is 4. The molecule has 1 aromatic carbocycles. The predicted molar refractivity (Wildman–Crippen MR) is 177 cm³/mol. The summed E-state index contributed by atoms with van der Waals surface area (Å²) >= 11 is 0. The normalized spacial score (nSPS) is 19.2. The van der Waals surface area contributed by atoms with E-state index in [4.69, 9.17) is 4.74 Å². The van der Waals surface area contributed by atoms with Gasteiger partial charge >= 0.3 is 6.18 Å². The van der Waals surface area contributed by atoms with Crippen LogP contribution in [0.2, 0.25) is 0 Å². The number of aromatic nitrogens is 2. The molecule has 1 saturated heterocycles. The number of amides is 3. The Labute approximate surface area is 284 Å². The quantitative estimate of drug-likeness (QED) is 0.226. The van der Waals surface area contributed by atoms with Gasteiger partial charge in [0.2, 0.25) is 11.8 Å². The zero-order chi connectivity index (χ0) is 35.9. The Balaban J connectivity index is 1.46. The van der Waals surface area contributed by atoms with Gasteiger partial charge in [-0.05, 0) is 69.4 Å². The minimum Gasteiger partial charge on any atom is -0.389 e. The number of piperidine rings is 1. The molecule has 5 unspecified atom stereocenters. The van der Waals surface area contributed by atoms with E-state index < -0.39 is 66.1 Å². The topological polar surface area (TPSA) is 146 Å². The fourth-order valence-electron chi connectivity index (χ4n) is 5.70. The molecule has 0 spiro atoms. The number of nitrogens with one attached hydrogen (secondary N) is 3. The first-order valence-corrected chi connectivity index (χ1v) is 16.3. The first-order chi connectivity index (χ1) is 23.0. The molecule has 49 heavy (non-hydrogen) atoms. The molecule has 11 nitrogen and oxygen atoms in total. The summed E-state index contributed by atoms with van der Waals surface area (Å²) in [5.74, 6) is -2.86. The van der Waals surface area contributed by atoms with Gasteiger partial charge in [0.25, 0.3) is 5.91 Å². The van der Waals surface area contributed by atoms with Crippen molar-refractivity contribution in [1.82, 2.24) is 30.8 Å². The monoisotopic (exact) mass is 686 g/mol. The molecule has 5 atom stereocenters. The zero-order valence-corrected chi connectivity index (χ0v) is 28.3. The Morgan fingerprint density at radius 3 is 2.37 bits per heavy atom. The molecular formula is C35H45F3N6O5. The lowest BCUT2D eigenvalue weighted by Crippen LogP contribution is -2.62. The van der Waals surface area contributed by atoms with Gasteiger partial charge in [0, 0.05) is 36.4 Å². The Kier molecular flexibility index (Phi) is 12.3. The number of pyridine rings is 2. The molecule has 0 aliphatic carbocycles. The Bertz CT molecular complexity index is 1580. The summed E-state index contributed by atoms with van der Waals surface area (Å²) < 4.78 is 49.3. The van der Waals surface area contributed by atoms with E-state index in [1.807, 2.05) is 17.4 Å². The van der Waals surface area contributed by atoms with Crippen LogP contribution in [0, 0.1) is 5.92 Å². The Morgan fingerprint density at radius 1 is 1.02 bits per heavy atom. The molecule has 0 bridgehead atoms. The van der Waals surface area contributed by atoms with Crippen molar-refractivity contribution in [2.45, 2.75) is 96.1 Å². The van der Waals surface area contributed by atoms with E-state index in [1.54, 1.807) is 77.3 Å². The van der Waals surface area contributed by atoms with E-state index in [1.165, 1.54) is 11.0 Å². The zero-order valence-electron chi connectivity index (χ0n) is 28.3. The van der Waals surface area contributed by atoms with Crippen LogP contribution < -0.4 is 16.0 Å². The fraction of sp³-hybridized carbons (Fsp3) is 0.514. The second-order valence-corrected chi connectivity index (χ2v) is 13.7. The molecule has 4 N–H and O–H groups in total. The molecule has 4 rings (SSSR count). The summed E-state index contributed by atoms with van der Waals surface area (Å²) in [6, 6.07) is 8.91. The lowest BCUT2D eigenvalue weighted by molar-refractivity contribution is -0.185. The molecule has 0 radical (unpaired) electrons. The van der Waals surface area contributed by atoms with Crippen LogP contribution >= 0.6 is 0 Å². The summed E-state index contributed by atoms with van der Waals surface area (Å²) in [6.07, 6.45) is -3.67. The van der Waals surface area contributed by atoms with Crippen molar-refractivity contribution in [2.24, 2.45) is 5.92 Å². The number of halogens is 3. The number of aliphatic hydroxyl groups excluding tert-OH is 1. The van der Waals surface area contributed by atoms with Crippen molar-refractivity contribution < 1.29 is 37.4 Å². The summed E-state index contributed by atoms with van der Waals surface area (Å²) in [5, 5.41) is 19.1. The van der Waals surface area contributed by atoms with E-state index in [-0.39, 0.29) is 31.4 Å². The number of fused-ring (bicyclic) bond motifs is 1. The standard InChI is InChI=1S/C35H45F3N6O5/c1-21(2)29(41-31(46)26-11-10-23-8-6-7-9-25(23)40-26)33(48)42-30(35(36,37)38)28(45)19-44-17-14-24(49-20-22-12-15-39-16-13-22)18-27(44)32(47)43-34(3,4)5/h6-13,15-16,21,24,27-30,45H,14,17-20H2,1-5H3,(H,41,46)(H,42,48)(H,43,47). The maximum Gasteiger partial charge on any atom is 0.411 e. The summed E-state index contributed by atoms with van der Waals surface area (Å²) in [6.45, 7) is 8.42. The van der Waals surface area contributed by atoms with Crippen LogP contribution in [0.3, 0.4) is 0 Å². The minimum absolute atomic E-state index is 0.00251. The molecule has 1 aliphatic rings. The van der Waals surface area contributed by atoms with Gasteiger partial charge in [-0.2, -0.15) is 13.2 Å². The fourth-order valence-corrected chi connectivity index (χ4v) is 5.70. The van der Waals surface area contributed by atoms with Gasteiger partial charge in [0.1, 0.15) is 11.7 Å². The predicted octanol–water partition coefficient (Wildman–Crippen LogP) is 3.76. The number of carbonyl (C=O) groups is 3. The van der Waals surface area contributed by atoms with E-state index >= 15 is 0 Å². The van der Waals surface area contributed by atoms with Crippen LogP contribution in [0.4, 0.5) is 13.2 Å². The number of hydrogen-bond acceptors (Lipinski definition) is 8. The van der Waals surface area contributed by atoms with E-state index in [0.717, 1.165) is 10.9 Å². The Hall–Kier alpha value is -4.14. The number of likely N-dealkylation sites (tertiary alicyclic amines) is 1. The Morgan fingerprint density at radius 2 is 1.71 bits per heavy atom.